The topological polar surface area (TPSA) is 124 Å². The molecule has 1 unspecified atom stereocenters. The number of hydrogen-bond donors (Lipinski definition) is 1. The highest BCUT2D eigenvalue weighted by Crippen LogP contribution is 2.25. The van der Waals surface area contributed by atoms with Crippen molar-refractivity contribution in [1.29, 1.82) is 0 Å². The molecular weight excluding hydrogens is 414 g/mol. The van der Waals surface area contributed by atoms with Crippen LogP contribution in [0.2, 0.25) is 0 Å². The minimum Gasteiger partial charge on any atom is -0.468 e. The largest absolute Gasteiger partial charge is 0.468 e. The summed E-state index contributed by atoms with van der Waals surface area (Å²) in [5.74, 6) is -0.0255. The molecule has 0 fully saturated rings. The molecule has 0 spiro atoms. The van der Waals surface area contributed by atoms with Crippen molar-refractivity contribution in [3.05, 3.63) is 36.5 Å². The first-order valence-corrected chi connectivity index (χ1v) is 10.1. The smallest absolute Gasteiger partial charge is 0.320 e. The monoisotopic (exact) mass is 447 g/mol. The first kappa shape index (κ1) is 26.8. The molecule has 0 aliphatic carbocycles. The Morgan fingerprint density at radius 2 is 1.78 bits per heavy atom. The number of imidazole rings is 1. The van der Waals surface area contributed by atoms with Crippen LogP contribution >= 0.6 is 0 Å². The number of allylic oxidation sites excluding steroid dienone is 6. The van der Waals surface area contributed by atoms with E-state index in [1.54, 1.807) is 25.9 Å². The Bertz CT molecular complexity index is 908. The van der Waals surface area contributed by atoms with E-state index >= 15 is 0 Å². The van der Waals surface area contributed by atoms with Gasteiger partial charge in [-0.3, -0.25) is 4.57 Å². The lowest BCUT2D eigenvalue weighted by molar-refractivity contribution is -0.108. The van der Waals surface area contributed by atoms with E-state index in [1.165, 1.54) is 7.11 Å². The molecular formula is C22H33N5O5. The molecule has 2 aromatic rings. The van der Waals surface area contributed by atoms with Gasteiger partial charge in [-0.05, 0) is 6.42 Å². The summed E-state index contributed by atoms with van der Waals surface area (Å²) in [6.07, 6.45) is 13.0. The zero-order valence-electron chi connectivity index (χ0n) is 19.4. The van der Waals surface area contributed by atoms with Crippen LogP contribution in [0.1, 0.15) is 13.3 Å². The molecule has 0 saturated heterocycles. The van der Waals surface area contributed by atoms with E-state index in [0.717, 1.165) is 12.7 Å². The Hall–Kier alpha value is -3.24. The summed E-state index contributed by atoms with van der Waals surface area (Å²) in [5.41, 5.74) is 6.95. The fourth-order valence-electron chi connectivity index (χ4n) is 2.47. The average Bonchev–Trinajstić information content (AvgIpc) is 3.14. The third-order valence-electron chi connectivity index (χ3n) is 3.89. The molecule has 1 atom stereocenters. The fourth-order valence-corrected chi connectivity index (χ4v) is 2.47. The Kier molecular flexibility index (Phi) is 13.0. The lowest BCUT2D eigenvalue weighted by Gasteiger charge is -2.06. The van der Waals surface area contributed by atoms with Gasteiger partial charge in [-0.2, -0.15) is 15.0 Å². The predicted molar refractivity (Wildman–Crippen MR) is 124 cm³/mol. The minimum absolute atomic E-state index is 0.149. The van der Waals surface area contributed by atoms with E-state index in [4.69, 9.17) is 19.9 Å². The van der Waals surface area contributed by atoms with Gasteiger partial charge in [0.1, 0.15) is 12.9 Å². The number of carbonyl (C=O) groups is 1. The number of fused-ring (bicyclic) bond motifs is 1. The molecule has 2 aromatic heterocycles. The van der Waals surface area contributed by atoms with E-state index in [9.17, 15) is 4.79 Å². The van der Waals surface area contributed by atoms with Gasteiger partial charge in [-0.25, -0.2) is 0 Å². The van der Waals surface area contributed by atoms with Crippen LogP contribution in [0.15, 0.2) is 36.5 Å². The van der Waals surface area contributed by atoms with Gasteiger partial charge in [0.2, 0.25) is 0 Å². The van der Waals surface area contributed by atoms with Crippen LogP contribution in [0, 0.1) is 5.92 Å². The summed E-state index contributed by atoms with van der Waals surface area (Å²) in [5, 5.41) is 0. The van der Waals surface area contributed by atoms with Gasteiger partial charge in [0.05, 0.1) is 19.6 Å². The fraction of sp³-hybridized carbons (Fsp3) is 0.455. The molecule has 0 bridgehead atoms. The molecule has 2 heterocycles. The third kappa shape index (κ3) is 8.48. The highest BCUT2D eigenvalue weighted by atomic mass is 16.5. The number of hydrogen-bond acceptors (Lipinski definition) is 9. The molecule has 32 heavy (non-hydrogen) atoms. The second-order valence-corrected chi connectivity index (χ2v) is 6.39. The lowest BCUT2D eigenvalue weighted by atomic mass is 10.1. The van der Waals surface area contributed by atoms with Crippen LogP contribution in [0.25, 0.3) is 11.2 Å². The van der Waals surface area contributed by atoms with Crippen LogP contribution in [-0.4, -0.2) is 67.5 Å². The predicted octanol–water partition coefficient (Wildman–Crippen LogP) is 2.60. The molecule has 10 nitrogen and oxygen atoms in total. The van der Waals surface area contributed by atoms with Crippen molar-refractivity contribution in [1.82, 2.24) is 19.5 Å². The number of nitrogens with zero attached hydrogens (tertiary/aromatic N) is 4. The normalized spacial score (nSPS) is 12.4. The van der Waals surface area contributed by atoms with E-state index in [2.05, 4.69) is 19.7 Å². The Morgan fingerprint density at radius 1 is 1.03 bits per heavy atom. The number of aromatic nitrogens is 4. The van der Waals surface area contributed by atoms with E-state index < -0.39 is 0 Å². The maximum atomic E-state index is 11.0. The van der Waals surface area contributed by atoms with Crippen molar-refractivity contribution < 1.29 is 23.7 Å². The van der Waals surface area contributed by atoms with Gasteiger partial charge in [-0.15, -0.1) is 0 Å². The third-order valence-corrected chi connectivity index (χ3v) is 3.89. The molecule has 0 saturated carbocycles. The number of nitrogens with two attached hydrogens (primary N) is 1. The molecule has 0 aliphatic heterocycles. The van der Waals surface area contributed by atoms with Crippen molar-refractivity contribution in [2.45, 2.75) is 19.9 Å². The molecule has 0 aromatic carbocycles. The summed E-state index contributed by atoms with van der Waals surface area (Å²) >= 11 is 0. The minimum atomic E-state index is -0.234. The van der Waals surface area contributed by atoms with Crippen molar-refractivity contribution in [2.24, 2.45) is 5.92 Å². The number of anilines is 1. The lowest BCUT2D eigenvalue weighted by Crippen LogP contribution is -2.09. The first-order valence-electron chi connectivity index (χ1n) is 10.1. The van der Waals surface area contributed by atoms with Crippen LogP contribution in [-0.2, 0) is 20.8 Å². The number of aldehydes is 1. The zero-order chi connectivity index (χ0) is 23.8. The highest BCUT2D eigenvalue weighted by Gasteiger charge is 2.17. The average molecular weight is 448 g/mol. The summed E-state index contributed by atoms with van der Waals surface area (Å²) in [6, 6.07) is 0.511. The van der Waals surface area contributed by atoms with Gasteiger partial charge in [0.15, 0.2) is 17.0 Å². The summed E-state index contributed by atoms with van der Waals surface area (Å²) < 4.78 is 21.8. The molecule has 0 aliphatic rings. The maximum Gasteiger partial charge on any atom is 0.320 e. The van der Waals surface area contributed by atoms with Gasteiger partial charge in [-0.1, -0.05) is 43.4 Å². The van der Waals surface area contributed by atoms with E-state index in [1.807, 2.05) is 43.4 Å². The number of methoxy groups -OCH3 is 3. The molecule has 176 valence electrons. The van der Waals surface area contributed by atoms with Crippen LogP contribution in [0.3, 0.4) is 0 Å². The number of carbonyl (C=O) groups excluding carboxylic acids is 1. The van der Waals surface area contributed by atoms with Crippen molar-refractivity contribution in [3.63, 3.8) is 0 Å². The second-order valence-electron chi connectivity index (χ2n) is 6.39. The summed E-state index contributed by atoms with van der Waals surface area (Å²) in [7, 11) is 6.36. The van der Waals surface area contributed by atoms with Crippen molar-refractivity contribution in [2.75, 3.05) is 47.4 Å². The highest BCUT2D eigenvalue weighted by molar-refractivity contribution is 5.83. The van der Waals surface area contributed by atoms with Gasteiger partial charge in [0.25, 0.3) is 6.01 Å². The maximum absolute atomic E-state index is 11.0. The number of rotatable bonds is 12. The Balaban J connectivity index is 0.00000161. The van der Waals surface area contributed by atoms with Gasteiger partial charge >= 0.3 is 6.01 Å². The molecule has 2 rings (SSSR count). The SMILES string of the molecule is CC/C=C\C(C=O)C=C/C=C/Cn1c(OC)nc2c(N)nc(OCCOC)nc21.COC. The van der Waals surface area contributed by atoms with Crippen molar-refractivity contribution in [3.8, 4) is 12.0 Å². The zero-order valence-corrected chi connectivity index (χ0v) is 19.4. The Labute approximate surface area is 188 Å². The van der Waals surface area contributed by atoms with Crippen molar-refractivity contribution >= 4 is 23.3 Å². The van der Waals surface area contributed by atoms with Gasteiger partial charge in [0, 0.05) is 27.9 Å². The Morgan fingerprint density at radius 3 is 2.41 bits per heavy atom. The summed E-state index contributed by atoms with van der Waals surface area (Å²) in [6.45, 7) is 3.18. The van der Waals surface area contributed by atoms with Crippen LogP contribution in [0.4, 0.5) is 5.82 Å². The van der Waals surface area contributed by atoms with E-state index in [0.29, 0.717) is 36.9 Å². The number of ether oxygens (including phenoxy) is 4. The quantitative estimate of drug-likeness (QED) is 0.226. The van der Waals surface area contributed by atoms with Gasteiger partial charge < -0.3 is 29.5 Å². The van der Waals surface area contributed by atoms with Crippen LogP contribution in [0.5, 0.6) is 12.0 Å². The standard InChI is InChI=1S/C20H27N5O4.C2H6O/c1-4-5-9-15(14-26)10-7-6-8-11-25-18-16(22-20(25)28-3)17(21)23-19(24-18)29-13-12-27-2;1-3-2/h5-10,14-15H,4,11-13H2,1-3H3,(H2,21,23,24);1-2H3/b8-6+,9-5-,10-7?;. The number of nitrogen functional groups attached to an aromatic ring is 1. The first-order chi connectivity index (χ1) is 15.6. The second kappa shape index (κ2) is 15.5. The molecule has 2 N–H and O–H groups in total. The summed E-state index contributed by atoms with van der Waals surface area (Å²) in [4.78, 5) is 23.9. The molecule has 10 heteroatoms. The molecule has 0 radical (unpaired) electrons. The molecule has 0 amide bonds. The van der Waals surface area contributed by atoms with E-state index in [-0.39, 0.29) is 17.7 Å². The van der Waals surface area contributed by atoms with Crippen LogP contribution < -0.4 is 15.2 Å².